The highest BCUT2D eigenvalue weighted by atomic mass is 32.2. The molecule has 1 aliphatic carbocycles. The number of aromatic nitrogens is 5. The Morgan fingerprint density at radius 1 is 1.18 bits per heavy atom. The molecule has 3 aromatic rings. The number of halogens is 3. The molecule has 1 N–H and O–H groups in total. The van der Waals surface area contributed by atoms with Crippen LogP contribution in [0.25, 0.3) is 0 Å². The van der Waals surface area contributed by atoms with Crippen molar-refractivity contribution < 1.29 is 17.7 Å². The highest BCUT2D eigenvalue weighted by Crippen LogP contribution is 2.34. The van der Waals surface area contributed by atoms with Gasteiger partial charge in [-0.15, -0.1) is 10.2 Å². The SMILES string of the molecule is CC(C)Cc1noc(CSc2nnc(CNc3cccc(C(F)(F)F)c3)n2C2CCCCC2)n1. The van der Waals surface area contributed by atoms with Crippen LogP contribution in [0.1, 0.15) is 75.1 Å². The minimum Gasteiger partial charge on any atom is -0.378 e. The second kappa shape index (κ2) is 10.8. The van der Waals surface area contributed by atoms with Crippen LogP contribution in [0.3, 0.4) is 0 Å². The van der Waals surface area contributed by atoms with E-state index in [1.54, 1.807) is 6.07 Å². The van der Waals surface area contributed by atoms with E-state index in [0.717, 1.165) is 49.4 Å². The molecule has 1 fully saturated rings. The Morgan fingerprint density at radius 3 is 2.71 bits per heavy atom. The van der Waals surface area contributed by atoms with E-state index in [1.165, 1.54) is 24.2 Å². The van der Waals surface area contributed by atoms with Gasteiger partial charge in [0.1, 0.15) is 0 Å². The van der Waals surface area contributed by atoms with Crippen LogP contribution in [-0.2, 0) is 24.9 Å². The number of anilines is 1. The molecule has 0 unspecified atom stereocenters. The van der Waals surface area contributed by atoms with Gasteiger partial charge in [-0.2, -0.15) is 18.2 Å². The Labute approximate surface area is 200 Å². The highest BCUT2D eigenvalue weighted by molar-refractivity contribution is 7.98. The summed E-state index contributed by atoms with van der Waals surface area (Å²) in [7, 11) is 0. The van der Waals surface area contributed by atoms with Gasteiger partial charge in [0.2, 0.25) is 5.89 Å². The number of hydrogen-bond acceptors (Lipinski definition) is 7. The van der Waals surface area contributed by atoms with E-state index in [1.807, 2.05) is 0 Å². The summed E-state index contributed by atoms with van der Waals surface area (Å²) < 4.78 is 46.7. The third kappa shape index (κ3) is 6.31. The molecule has 0 aliphatic heterocycles. The van der Waals surface area contributed by atoms with Crippen molar-refractivity contribution in [1.29, 1.82) is 0 Å². The lowest BCUT2D eigenvalue weighted by Crippen LogP contribution is -2.18. The lowest BCUT2D eigenvalue weighted by molar-refractivity contribution is -0.137. The molecule has 34 heavy (non-hydrogen) atoms. The number of nitrogens with one attached hydrogen (secondary N) is 1. The zero-order valence-corrected chi connectivity index (χ0v) is 20.1. The third-order valence-electron chi connectivity index (χ3n) is 5.74. The average Bonchev–Trinajstić information content (AvgIpc) is 3.42. The summed E-state index contributed by atoms with van der Waals surface area (Å²) in [4.78, 5) is 4.46. The topological polar surface area (TPSA) is 81.7 Å². The smallest absolute Gasteiger partial charge is 0.378 e. The molecule has 0 bridgehead atoms. The van der Waals surface area contributed by atoms with E-state index >= 15 is 0 Å². The Kier molecular flexibility index (Phi) is 7.80. The molecule has 0 saturated heterocycles. The summed E-state index contributed by atoms with van der Waals surface area (Å²) in [5.41, 5.74) is -0.287. The highest BCUT2D eigenvalue weighted by Gasteiger charge is 2.30. The van der Waals surface area contributed by atoms with Crippen LogP contribution in [-0.4, -0.2) is 24.9 Å². The van der Waals surface area contributed by atoms with Crippen molar-refractivity contribution in [3.05, 3.63) is 47.4 Å². The summed E-state index contributed by atoms with van der Waals surface area (Å²) >= 11 is 1.49. The van der Waals surface area contributed by atoms with Gasteiger partial charge in [-0.1, -0.05) is 56.1 Å². The van der Waals surface area contributed by atoms with Crippen molar-refractivity contribution in [2.45, 2.75) is 82.0 Å². The van der Waals surface area contributed by atoms with Crippen LogP contribution in [0.4, 0.5) is 18.9 Å². The maximum Gasteiger partial charge on any atom is 0.416 e. The molecule has 184 valence electrons. The number of nitrogens with zero attached hydrogens (tertiary/aromatic N) is 5. The van der Waals surface area contributed by atoms with Crippen LogP contribution >= 0.6 is 11.8 Å². The van der Waals surface area contributed by atoms with Crippen molar-refractivity contribution in [2.75, 3.05) is 5.32 Å². The van der Waals surface area contributed by atoms with Crippen molar-refractivity contribution in [3.8, 4) is 0 Å². The van der Waals surface area contributed by atoms with Crippen molar-refractivity contribution in [3.63, 3.8) is 0 Å². The van der Waals surface area contributed by atoms with E-state index in [-0.39, 0.29) is 12.6 Å². The van der Waals surface area contributed by atoms with Crippen molar-refractivity contribution >= 4 is 17.4 Å². The van der Waals surface area contributed by atoms with Gasteiger partial charge >= 0.3 is 6.18 Å². The first-order valence-electron chi connectivity index (χ1n) is 11.6. The van der Waals surface area contributed by atoms with Crippen LogP contribution in [0.5, 0.6) is 0 Å². The number of thioether (sulfide) groups is 1. The fraction of sp³-hybridized carbons (Fsp3) is 0.565. The minimum absolute atomic E-state index is 0.267. The zero-order chi connectivity index (χ0) is 24.1. The molecule has 2 aromatic heterocycles. The Bertz CT molecular complexity index is 1070. The van der Waals surface area contributed by atoms with E-state index < -0.39 is 11.7 Å². The zero-order valence-electron chi connectivity index (χ0n) is 19.3. The van der Waals surface area contributed by atoms with Crippen molar-refractivity contribution in [2.24, 2.45) is 5.92 Å². The maximum atomic E-state index is 13.1. The van der Waals surface area contributed by atoms with Gasteiger partial charge in [0.15, 0.2) is 16.8 Å². The number of alkyl halides is 3. The van der Waals surface area contributed by atoms with Gasteiger partial charge in [-0.3, -0.25) is 0 Å². The Balaban J connectivity index is 1.48. The van der Waals surface area contributed by atoms with E-state index in [9.17, 15) is 13.2 Å². The summed E-state index contributed by atoms with van der Waals surface area (Å²) in [6, 6.07) is 5.46. The van der Waals surface area contributed by atoms with Crippen LogP contribution in [0.15, 0.2) is 33.9 Å². The van der Waals surface area contributed by atoms with Gasteiger partial charge < -0.3 is 14.4 Å². The first-order valence-corrected chi connectivity index (χ1v) is 12.6. The lowest BCUT2D eigenvalue weighted by Gasteiger charge is -2.25. The lowest BCUT2D eigenvalue weighted by atomic mass is 9.95. The molecule has 0 amide bonds. The molecule has 0 spiro atoms. The standard InChI is InChI=1S/C23H29F3N6OS/c1-15(2)11-19-28-21(33-31-19)14-34-22-30-29-20(32(22)18-9-4-3-5-10-18)13-27-17-8-6-7-16(12-17)23(24,25)26/h6-8,12,15,18,27H,3-5,9-11,13-14H2,1-2H3. The van der Waals surface area contributed by atoms with Gasteiger partial charge in [-0.05, 0) is 37.0 Å². The van der Waals surface area contributed by atoms with Crippen molar-refractivity contribution in [1.82, 2.24) is 24.9 Å². The first kappa shape index (κ1) is 24.6. The molecular weight excluding hydrogens is 465 g/mol. The summed E-state index contributed by atoms with van der Waals surface area (Å²) in [6.45, 7) is 4.49. The monoisotopic (exact) mass is 494 g/mol. The number of benzene rings is 1. The predicted molar refractivity (Wildman–Crippen MR) is 123 cm³/mol. The molecule has 7 nitrogen and oxygen atoms in total. The average molecular weight is 495 g/mol. The number of hydrogen-bond donors (Lipinski definition) is 1. The van der Waals surface area contributed by atoms with E-state index in [4.69, 9.17) is 4.52 Å². The molecule has 4 rings (SSSR count). The predicted octanol–water partition coefficient (Wildman–Crippen LogP) is 6.29. The fourth-order valence-electron chi connectivity index (χ4n) is 4.14. The summed E-state index contributed by atoms with van der Waals surface area (Å²) in [5.74, 6) is 2.88. The van der Waals surface area contributed by atoms with E-state index in [0.29, 0.717) is 34.9 Å². The minimum atomic E-state index is -4.38. The molecule has 1 saturated carbocycles. The molecule has 0 atom stereocenters. The third-order valence-corrected chi connectivity index (χ3v) is 6.67. The number of rotatable bonds is 9. The van der Waals surface area contributed by atoms with Gasteiger partial charge in [0.25, 0.3) is 0 Å². The summed E-state index contributed by atoms with van der Waals surface area (Å²) in [5, 5.41) is 16.7. The molecular formula is C23H29F3N6OS. The second-order valence-electron chi connectivity index (χ2n) is 8.98. The van der Waals surface area contributed by atoms with E-state index in [2.05, 4.69) is 44.1 Å². The second-order valence-corrected chi connectivity index (χ2v) is 9.93. The molecule has 11 heteroatoms. The molecule has 1 aliphatic rings. The summed E-state index contributed by atoms with van der Waals surface area (Å²) in [6.07, 6.45) is 1.92. The van der Waals surface area contributed by atoms with Gasteiger partial charge in [-0.25, -0.2) is 0 Å². The van der Waals surface area contributed by atoms with Gasteiger partial charge in [0, 0.05) is 18.2 Å². The quantitative estimate of drug-likeness (QED) is 0.350. The normalized spacial score (nSPS) is 15.2. The maximum absolute atomic E-state index is 13.1. The van der Waals surface area contributed by atoms with Crippen LogP contribution in [0, 0.1) is 5.92 Å². The Hall–Kier alpha value is -2.56. The largest absolute Gasteiger partial charge is 0.416 e. The molecule has 0 radical (unpaired) electrons. The van der Waals surface area contributed by atoms with Crippen LogP contribution in [0.2, 0.25) is 0 Å². The fourth-order valence-corrected chi connectivity index (χ4v) is 5.00. The molecule has 1 aromatic carbocycles. The van der Waals surface area contributed by atoms with Crippen LogP contribution < -0.4 is 5.32 Å². The van der Waals surface area contributed by atoms with Gasteiger partial charge in [0.05, 0.1) is 17.9 Å². The Morgan fingerprint density at radius 2 is 1.97 bits per heavy atom. The first-order chi connectivity index (χ1) is 16.3. The molecule has 2 heterocycles.